The van der Waals surface area contributed by atoms with Crippen LogP contribution in [0, 0.1) is 0 Å². The average Bonchev–Trinajstić information content (AvgIpc) is 2.66. The highest BCUT2D eigenvalue weighted by molar-refractivity contribution is 4.95. The summed E-state index contributed by atoms with van der Waals surface area (Å²) < 4.78 is 0. The van der Waals surface area contributed by atoms with Crippen molar-refractivity contribution in [1.82, 2.24) is 10.2 Å². The predicted molar refractivity (Wildman–Crippen MR) is 67.2 cm³/mol. The molecule has 88 valence electrons. The summed E-state index contributed by atoms with van der Waals surface area (Å²) >= 11 is 0. The van der Waals surface area contributed by atoms with Crippen LogP contribution in [0.2, 0.25) is 0 Å². The van der Waals surface area contributed by atoms with Crippen molar-refractivity contribution in [3.05, 3.63) is 12.7 Å². The van der Waals surface area contributed by atoms with Gasteiger partial charge in [-0.3, -0.25) is 4.90 Å². The van der Waals surface area contributed by atoms with Gasteiger partial charge in [0.05, 0.1) is 0 Å². The van der Waals surface area contributed by atoms with E-state index in [-0.39, 0.29) is 0 Å². The maximum Gasteiger partial charge on any atom is 0.0306 e. The van der Waals surface area contributed by atoms with Crippen LogP contribution in [0.5, 0.6) is 0 Å². The van der Waals surface area contributed by atoms with Crippen molar-refractivity contribution in [1.29, 1.82) is 0 Å². The number of nitrogens with zero attached hydrogens (tertiary/aromatic N) is 1. The Morgan fingerprint density at radius 1 is 1.53 bits per heavy atom. The molecule has 0 spiro atoms. The van der Waals surface area contributed by atoms with E-state index in [0.717, 1.165) is 13.1 Å². The molecule has 15 heavy (non-hydrogen) atoms. The van der Waals surface area contributed by atoms with E-state index in [0.29, 0.717) is 11.6 Å². The van der Waals surface area contributed by atoms with Crippen molar-refractivity contribution in [3.63, 3.8) is 0 Å². The van der Waals surface area contributed by atoms with Crippen molar-refractivity contribution in [2.24, 2.45) is 0 Å². The zero-order valence-electron chi connectivity index (χ0n) is 10.6. The molecule has 1 rings (SSSR count). The second-order valence-electron chi connectivity index (χ2n) is 4.98. The van der Waals surface area contributed by atoms with Crippen molar-refractivity contribution in [2.45, 2.75) is 51.6 Å². The lowest BCUT2D eigenvalue weighted by atomic mass is 9.93. The highest BCUT2D eigenvalue weighted by Gasteiger charge is 2.33. The quantitative estimate of drug-likeness (QED) is 0.677. The monoisotopic (exact) mass is 210 g/mol. The molecule has 1 unspecified atom stereocenters. The summed E-state index contributed by atoms with van der Waals surface area (Å²) in [6.45, 7) is 14.0. The molecule has 1 aliphatic rings. The van der Waals surface area contributed by atoms with Crippen LogP contribution in [0.25, 0.3) is 0 Å². The molecule has 0 aromatic heterocycles. The molecule has 0 radical (unpaired) electrons. The van der Waals surface area contributed by atoms with E-state index in [9.17, 15) is 0 Å². The van der Waals surface area contributed by atoms with Crippen molar-refractivity contribution in [2.75, 3.05) is 19.6 Å². The van der Waals surface area contributed by atoms with Gasteiger partial charge in [-0.2, -0.15) is 0 Å². The molecular weight excluding hydrogens is 184 g/mol. The Morgan fingerprint density at radius 3 is 2.67 bits per heavy atom. The van der Waals surface area contributed by atoms with Gasteiger partial charge in [0, 0.05) is 24.7 Å². The van der Waals surface area contributed by atoms with Gasteiger partial charge >= 0.3 is 0 Å². The standard InChI is InChI=1S/C13H26N2/c1-5-10-15(12(3)4)11-13(6-2)8-7-9-14-13/h5,12,14H,1,6-11H2,2-4H3. The Morgan fingerprint density at radius 2 is 2.27 bits per heavy atom. The van der Waals surface area contributed by atoms with Crippen LogP contribution in [0.3, 0.4) is 0 Å². The number of nitrogens with one attached hydrogen (secondary N) is 1. The largest absolute Gasteiger partial charge is 0.310 e. The molecule has 0 saturated carbocycles. The van der Waals surface area contributed by atoms with E-state index in [2.05, 4.69) is 37.6 Å². The van der Waals surface area contributed by atoms with Crippen LogP contribution < -0.4 is 5.32 Å². The van der Waals surface area contributed by atoms with Crippen LogP contribution in [0.4, 0.5) is 0 Å². The minimum Gasteiger partial charge on any atom is -0.310 e. The van der Waals surface area contributed by atoms with E-state index < -0.39 is 0 Å². The summed E-state index contributed by atoms with van der Waals surface area (Å²) in [4.78, 5) is 2.51. The smallest absolute Gasteiger partial charge is 0.0306 e. The lowest BCUT2D eigenvalue weighted by Gasteiger charge is -2.36. The molecule has 1 N–H and O–H groups in total. The second-order valence-corrected chi connectivity index (χ2v) is 4.98. The Balaban J connectivity index is 2.57. The van der Waals surface area contributed by atoms with Crippen molar-refractivity contribution >= 4 is 0 Å². The topological polar surface area (TPSA) is 15.3 Å². The van der Waals surface area contributed by atoms with Crippen molar-refractivity contribution in [3.8, 4) is 0 Å². The molecular formula is C13H26N2. The maximum atomic E-state index is 3.84. The molecule has 2 heteroatoms. The van der Waals surface area contributed by atoms with Gasteiger partial charge in [0.15, 0.2) is 0 Å². The van der Waals surface area contributed by atoms with Crippen molar-refractivity contribution < 1.29 is 0 Å². The molecule has 0 aromatic carbocycles. The molecule has 1 atom stereocenters. The molecule has 0 amide bonds. The van der Waals surface area contributed by atoms with Gasteiger partial charge in [-0.25, -0.2) is 0 Å². The van der Waals surface area contributed by atoms with Gasteiger partial charge in [0.2, 0.25) is 0 Å². The molecule has 1 heterocycles. The van der Waals surface area contributed by atoms with Crippen LogP contribution in [-0.4, -0.2) is 36.1 Å². The number of hydrogen-bond acceptors (Lipinski definition) is 2. The molecule has 0 bridgehead atoms. The fourth-order valence-corrected chi connectivity index (χ4v) is 2.43. The van der Waals surface area contributed by atoms with E-state index in [4.69, 9.17) is 0 Å². The Bertz CT molecular complexity index is 193. The first-order valence-corrected chi connectivity index (χ1v) is 6.23. The van der Waals surface area contributed by atoms with E-state index >= 15 is 0 Å². The molecule has 1 saturated heterocycles. The van der Waals surface area contributed by atoms with Crippen LogP contribution >= 0.6 is 0 Å². The summed E-state index contributed by atoms with van der Waals surface area (Å²) in [6, 6.07) is 0.605. The number of rotatable bonds is 6. The van der Waals surface area contributed by atoms with Gasteiger partial charge < -0.3 is 5.32 Å². The Kier molecular flexibility index (Phi) is 4.81. The van der Waals surface area contributed by atoms with Gasteiger partial charge in [-0.15, -0.1) is 6.58 Å². The lowest BCUT2D eigenvalue weighted by Crippen LogP contribution is -2.51. The Hall–Kier alpha value is -0.340. The van der Waals surface area contributed by atoms with Gasteiger partial charge in [0.1, 0.15) is 0 Å². The van der Waals surface area contributed by atoms with Gasteiger partial charge in [0.25, 0.3) is 0 Å². The lowest BCUT2D eigenvalue weighted by molar-refractivity contribution is 0.169. The molecule has 0 aliphatic carbocycles. The summed E-state index contributed by atoms with van der Waals surface area (Å²) in [6.07, 6.45) is 5.89. The summed E-state index contributed by atoms with van der Waals surface area (Å²) in [5, 5.41) is 3.69. The normalized spacial score (nSPS) is 26.5. The number of hydrogen-bond donors (Lipinski definition) is 1. The predicted octanol–water partition coefficient (Wildman–Crippen LogP) is 2.42. The third-order valence-corrected chi connectivity index (χ3v) is 3.61. The zero-order chi connectivity index (χ0) is 11.3. The highest BCUT2D eigenvalue weighted by atomic mass is 15.2. The summed E-state index contributed by atoms with van der Waals surface area (Å²) in [5.74, 6) is 0. The third kappa shape index (κ3) is 3.32. The molecule has 0 aromatic rings. The SMILES string of the molecule is C=CCN(CC1(CC)CCCN1)C(C)C. The van der Waals surface area contributed by atoms with E-state index in [1.54, 1.807) is 0 Å². The first-order valence-electron chi connectivity index (χ1n) is 6.23. The fourth-order valence-electron chi connectivity index (χ4n) is 2.43. The first-order chi connectivity index (χ1) is 7.13. The fraction of sp³-hybridized carbons (Fsp3) is 0.846. The summed E-state index contributed by atoms with van der Waals surface area (Å²) in [7, 11) is 0. The first kappa shape index (κ1) is 12.7. The van der Waals surface area contributed by atoms with Gasteiger partial charge in [-0.05, 0) is 39.7 Å². The van der Waals surface area contributed by atoms with Crippen LogP contribution in [0.1, 0.15) is 40.0 Å². The van der Waals surface area contributed by atoms with Gasteiger partial charge in [-0.1, -0.05) is 13.0 Å². The minimum absolute atomic E-state index is 0.368. The zero-order valence-corrected chi connectivity index (χ0v) is 10.6. The highest BCUT2D eigenvalue weighted by Crippen LogP contribution is 2.24. The average molecular weight is 210 g/mol. The second kappa shape index (κ2) is 5.66. The summed E-state index contributed by atoms with van der Waals surface area (Å²) in [5.41, 5.74) is 0.368. The molecule has 1 fully saturated rings. The Labute approximate surface area is 94.7 Å². The maximum absolute atomic E-state index is 3.84. The molecule has 2 nitrogen and oxygen atoms in total. The molecule has 1 aliphatic heterocycles. The van der Waals surface area contributed by atoms with Crippen LogP contribution in [0.15, 0.2) is 12.7 Å². The van der Waals surface area contributed by atoms with E-state index in [1.807, 2.05) is 6.08 Å². The minimum atomic E-state index is 0.368. The third-order valence-electron chi connectivity index (χ3n) is 3.61. The van der Waals surface area contributed by atoms with E-state index in [1.165, 1.54) is 25.8 Å². The van der Waals surface area contributed by atoms with Crippen LogP contribution in [-0.2, 0) is 0 Å².